The van der Waals surface area contributed by atoms with Gasteiger partial charge in [0, 0.05) is 20.1 Å². The highest BCUT2D eigenvalue weighted by Gasteiger charge is 2.46. The van der Waals surface area contributed by atoms with Gasteiger partial charge in [-0.1, -0.05) is 54.6 Å². The Labute approximate surface area is 148 Å². The summed E-state index contributed by atoms with van der Waals surface area (Å²) in [6.07, 6.45) is 0.759. The minimum absolute atomic E-state index is 0.191. The van der Waals surface area contributed by atoms with Gasteiger partial charge >= 0.3 is 0 Å². The Morgan fingerprint density at radius 2 is 1.68 bits per heavy atom. The predicted molar refractivity (Wildman–Crippen MR) is 96.2 cm³/mol. The molecule has 2 heterocycles. The lowest BCUT2D eigenvalue weighted by molar-refractivity contribution is -0.110. The summed E-state index contributed by atoms with van der Waals surface area (Å²) < 4.78 is 28.3. The molecule has 4 rings (SSSR count). The van der Waals surface area contributed by atoms with Gasteiger partial charge in [0.15, 0.2) is 0 Å². The lowest BCUT2D eigenvalue weighted by Crippen LogP contribution is -2.44. The Balaban J connectivity index is 1.64. The highest BCUT2D eigenvalue weighted by Crippen LogP contribution is 2.36. The molecule has 6 heteroatoms. The Morgan fingerprint density at radius 3 is 2.44 bits per heavy atom. The van der Waals surface area contributed by atoms with Gasteiger partial charge in [-0.25, -0.2) is 8.42 Å². The number of hydrogen-bond acceptors (Lipinski definition) is 4. The zero-order valence-corrected chi connectivity index (χ0v) is 15.0. The van der Waals surface area contributed by atoms with Crippen molar-refractivity contribution in [3.63, 3.8) is 0 Å². The number of rotatable bonds is 3. The second-order valence-corrected chi connectivity index (χ2v) is 8.78. The molecule has 1 fully saturated rings. The van der Waals surface area contributed by atoms with Crippen molar-refractivity contribution in [1.29, 1.82) is 0 Å². The molecule has 0 spiro atoms. The molecule has 0 aromatic heterocycles. The second-order valence-electron chi connectivity index (χ2n) is 6.63. The average Bonchev–Trinajstić information content (AvgIpc) is 3.04. The first-order valence-corrected chi connectivity index (χ1v) is 10.0. The maximum atomic E-state index is 13.3. The normalized spacial score (nSPS) is 25.0. The van der Waals surface area contributed by atoms with Crippen LogP contribution < -0.4 is 0 Å². The summed E-state index contributed by atoms with van der Waals surface area (Å²) in [6, 6.07) is 17.5. The molecule has 132 valence electrons. The minimum atomic E-state index is -3.47. The van der Waals surface area contributed by atoms with Crippen LogP contribution >= 0.6 is 0 Å². The van der Waals surface area contributed by atoms with Crippen LogP contribution in [0.25, 0.3) is 0 Å². The molecule has 0 aliphatic carbocycles. The molecule has 1 saturated heterocycles. The van der Waals surface area contributed by atoms with Gasteiger partial charge < -0.3 is 0 Å². The molecule has 2 aliphatic heterocycles. The van der Waals surface area contributed by atoms with E-state index >= 15 is 0 Å². The monoisotopic (exact) mass is 358 g/mol. The van der Waals surface area contributed by atoms with E-state index in [-0.39, 0.29) is 12.6 Å². The summed E-state index contributed by atoms with van der Waals surface area (Å²) >= 11 is 0. The van der Waals surface area contributed by atoms with Crippen LogP contribution in [0.3, 0.4) is 0 Å². The van der Waals surface area contributed by atoms with E-state index in [1.54, 1.807) is 16.4 Å². The van der Waals surface area contributed by atoms with E-state index in [1.165, 1.54) is 5.56 Å². The number of fused-ring (bicyclic) bond motifs is 1. The first kappa shape index (κ1) is 16.7. The molecule has 0 N–H and O–H groups in total. The van der Waals surface area contributed by atoms with E-state index < -0.39 is 15.3 Å². The van der Waals surface area contributed by atoms with Crippen molar-refractivity contribution < 1.29 is 13.3 Å². The summed E-state index contributed by atoms with van der Waals surface area (Å²) in [5.74, 6) is 0. The standard InChI is InChI=1S/C19H22N2O3S/c1-20-19(16-8-3-2-4-9-16)18(14-24-20)25(22,23)21-12-11-15-7-5-6-10-17(15)13-21/h2-10,18-19H,11-14H2,1H3. The van der Waals surface area contributed by atoms with Crippen molar-refractivity contribution in [2.45, 2.75) is 24.3 Å². The van der Waals surface area contributed by atoms with Crippen molar-refractivity contribution in [2.24, 2.45) is 0 Å². The van der Waals surface area contributed by atoms with E-state index in [4.69, 9.17) is 4.84 Å². The Hall–Kier alpha value is -1.73. The number of hydrogen-bond donors (Lipinski definition) is 0. The minimum Gasteiger partial charge on any atom is -0.297 e. The highest BCUT2D eigenvalue weighted by molar-refractivity contribution is 7.89. The molecule has 0 radical (unpaired) electrons. The van der Waals surface area contributed by atoms with E-state index in [0.717, 1.165) is 17.5 Å². The van der Waals surface area contributed by atoms with Crippen LogP contribution in [0.1, 0.15) is 22.7 Å². The van der Waals surface area contributed by atoms with Crippen LogP contribution in [0.15, 0.2) is 54.6 Å². The van der Waals surface area contributed by atoms with Crippen molar-refractivity contribution in [3.8, 4) is 0 Å². The molecular formula is C19H22N2O3S. The number of hydroxylamine groups is 2. The van der Waals surface area contributed by atoms with Gasteiger partial charge in [0.1, 0.15) is 5.25 Å². The first-order valence-electron chi connectivity index (χ1n) is 8.54. The third-order valence-corrected chi connectivity index (χ3v) is 7.36. The van der Waals surface area contributed by atoms with E-state index in [2.05, 4.69) is 6.07 Å². The van der Waals surface area contributed by atoms with Crippen LogP contribution in [0, 0.1) is 0 Å². The Kier molecular flexibility index (Phi) is 4.37. The van der Waals surface area contributed by atoms with Gasteiger partial charge in [-0.2, -0.15) is 9.37 Å². The Morgan fingerprint density at radius 1 is 1.00 bits per heavy atom. The fraction of sp³-hybridized carbons (Fsp3) is 0.368. The summed E-state index contributed by atoms with van der Waals surface area (Å²) in [6.45, 7) is 1.16. The molecular weight excluding hydrogens is 336 g/mol. The maximum Gasteiger partial charge on any atom is 0.221 e. The van der Waals surface area contributed by atoms with Gasteiger partial charge in [0.05, 0.1) is 12.6 Å². The van der Waals surface area contributed by atoms with Crippen LogP contribution in [0.4, 0.5) is 0 Å². The molecule has 0 amide bonds. The topological polar surface area (TPSA) is 49.9 Å². The molecule has 2 aromatic carbocycles. The summed E-state index contributed by atoms with van der Waals surface area (Å²) in [4.78, 5) is 5.61. The first-order chi connectivity index (χ1) is 12.1. The third-order valence-electron chi connectivity index (χ3n) is 5.17. The zero-order chi connectivity index (χ0) is 17.4. The molecule has 2 atom stereocenters. The van der Waals surface area contributed by atoms with Gasteiger partial charge in [-0.3, -0.25) is 4.84 Å². The zero-order valence-electron chi connectivity index (χ0n) is 14.2. The molecule has 0 saturated carbocycles. The van der Waals surface area contributed by atoms with Crippen molar-refractivity contribution in [3.05, 3.63) is 71.3 Å². The molecule has 25 heavy (non-hydrogen) atoms. The van der Waals surface area contributed by atoms with Gasteiger partial charge in [0.25, 0.3) is 0 Å². The van der Waals surface area contributed by atoms with Gasteiger partial charge in [-0.15, -0.1) is 0 Å². The maximum absolute atomic E-state index is 13.3. The lowest BCUT2D eigenvalue weighted by atomic mass is 10.0. The van der Waals surface area contributed by atoms with E-state index in [9.17, 15) is 8.42 Å². The summed E-state index contributed by atoms with van der Waals surface area (Å²) in [5.41, 5.74) is 3.31. The largest absolute Gasteiger partial charge is 0.297 e. The molecule has 5 nitrogen and oxygen atoms in total. The highest BCUT2D eigenvalue weighted by atomic mass is 32.2. The lowest BCUT2D eigenvalue weighted by Gasteiger charge is -2.32. The van der Waals surface area contributed by atoms with Gasteiger partial charge in [0.2, 0.25) is 10.0 Å². The Bertz CT molecular complexity index is 854. The molecule has 2 aromatic rings. The predicted octanol–water partition coefficient (Wildman–Crippen LogP) is 2.36. The van der Waals surface area contributed by atoms with Crippen LogP contribution in [-0.2, 0) is 27.8 Å². The average molecular weight is 358 g/mol. The van der Waals surface area contributed by atoms with Crippen molar-refractivity contribution in [2.75, 3.05) is 20.2 Å². The second kappa shape index (κ2) is 6.53. The number of nitrogens with zero attached hydrogens (tertiary/aromatic N) is 2. The van der Waals surface area contributed by atoms with E-state index in [1.807, 2.05) is 48.5 Å². The number of benzene rings is 2. The van der Waals surface area contributed by atoms with Crippen LogP contribution in [0.5, 0.6) is 0 Å². The van der Waals surface area contributed by atoms with Crippen molar-refractivity contribution >= 4 is 10.0 Å². The van der Waals surface area contributed by atoms with Crippen molar-refractivity contribution in [1.82, 2.24) is 9.37 Å². The molecule has 0 bridgehead atoms. The van der Waals surface area contributed by atoms with E-state index in [0.29, 0.717) is 13.1 Å². The molecule has 2 aliphatic rings. The van der Waals surface area contributed by atoms with Crippen LogP contribution in [0.2, 0.25) is 0 Å². The van der Waals surface area contributed by atoms with Gasteiger partial charge in [-0.05, 0) is 23.1 Å². The summed E-state index contributed by atoms with van der Waals surface area (Å²) in [5, 5.41) is 1.08. The summed E-state index contributed by atoms with van der Waals surface area (Å²) in [7, 11) is -1.66. The quantitative estimate of drug-likeness (QED) is 0.845. The fourth-order valence-electron chi connectivity index (χ4n) is 3.80. The third kappa shape index (κ3) is 3.00. The molecule has 2 unspecified atom stereocenters. The SMILES string of the molecule is CN1OCC(S(=O)(=O)N2CCc3ccccc3C2)C1c1ccccc1. The fourth-order valence-corrected chi connectivity index (χ4v) is 5.73. The number of sulfonamides is 1. The smallest absolute Gasteiger partial charge is 0.221 e. The van der Waals surface area contributed by atoms with Crippen LogP contribution in [-0.4, -0.2) is 43.2 Å².